The van der Waals surface area contributed by atoms with E-state index in [-0.39, 0.29) is 18.4 Å². The molecule has 0 radical (unpaired) electrons. The lowest BCUT2D eigenvalue weighted by atomic mass is 9.39. The van der Waals surface area contributed by atoms with Crippen molar-refractivity contribution in [3.05, 3.63) is 48.6 Å². The van der Waals surface area contributed by atoms with Gasteiger partial charge >= 0.3 is 17.9 Å². The van der Waals surface area contributed by atoms with E-state index < -0.39 is 87.9 Å². The molecule has 0 saturated heterocycles. The van der Waals surface area contributed by atoms with Gasteiger partial charge in [-0.2, -0.15) is 0 Å². The van der Waals surface area contributed by atoms with Crippen LogP contribution < -0.4 is 0 Å². The number of aliphatic hydroxyl groups is 3. The highest BCUT2D eigenvalue weighted by Gasteiger charge is 2.77. The number of allylic oxidation sites excluding steroid dienone is 1. The van der Waals surface area contributed by atoms with E-state index in [4.69, 9.17) is 14.2 Å². The van der Waals surface area contributed by atoms with Gasteiger partial charge in [0.25, 0.3) is 0 Å². The fourth-order valence-corrected chi connectivity index (χ4v) is 8.15. The van der Waals surface area contributed by atoms with Crippen molar-refractivity contribution < 1.29 is 48.7 Å². The van der Waals surface area contributed by atoms with Crippen LogP contribution in [-0.4, -0.2) is 75.1 Å². The summed E-state index contributed by atoms with van der Waals surface area (Å²) < 4.78 is 17.2. The van der Waals surface area contributed by atoms with Crippen molar-refractivity contribution >= 4 is 23.7 Å². The molecular formula is C31H40O10. The molecule has 0 aliphatic heterocycles. The first-order valence-electron chi connectivity index (χ1n) is 13.8. The van der Waals surface area contributed by atoms with Gasteiger partial charge < -0.3 is 29.5 Å². The highest BCUT2D eigenvalue weighted by Crippen LogP contribution is 2.67. The van der Waals surface area contributed by atoms with Gasteiger partial charge in [-0.25, -0.2) is 4.79 Å². The molecule has 0 amide bonds. The van der Waals surface area contributed by atoms with Gasteiger partial charge in [0.1, 0.15) is 24.4 Å². The molecule has 3 N–H and O–H groups in total. The van der Waals surface area contributed by atoms with Gasteiger partial charge in [0.15, 0.2) is 11.4 Å². The summed E-state index contributed by atoms with van der Waals surface area (Å²) in [4.78, 5) is 52.0. The Hall–Kier alpha value is -3.08. The van der Waals surface area contributed by atoms with Crippen molar-refractivity contribution in [2.45, 2.75) is 90.5 Å². The number of rotatable bonds is 5. The number of hydrogen-bond donors (Lipinski definition) is 3. The molecule has 0 heterocycles. The van der Waals surface area contributed by atoms with E-state index in [1.54, 1.807) is 45.9 Å². The summed E-state index contributed by atoms with van der Waals surface area (Å²) in [6.07, 6.45) is -5.82. The van der Waals surface area contributed by atoms with Crippen LogP contribution in [0.4, 0.5) is 0 Å². The second-order valence-corrected chi connectivity index (χ2v) is 12.8. The van der Waals surface area contributed by atoms with Crippen molar-refractivity contribution in [3.63, 3.8) is 0 Å². The maximum Gasteiger partial charge on any atom is 0.338 e. The summed E-state index contributed by atoms with van der Waals surface area (Å²) in [6.45, 7) is 12.8. The molecule has 10 atom stereocenters. The summed E-state index contributed by atoms with van der Waals surface area (Å²) in [5, 5.41) is 35.9. The summed E-state index contributed by atoms with van der Waals surface area (Å²) in [5.74, 6) is -4.92. The Morgan fingerprint density at radius 1 is 0.951 bits per heavy atom. The highest BCUT2D eigenvalue weighted by atomic mass is 16.6. The molecule has 4 rings (SSSR count). The molecule has 3 fully saturated rings. The predicted octanol–water partition coefficient (Wildman–Crippen LogP) is 2.38. The van der Waals surface area contributed by atoms with Gasteiger partial charge in [-0.05, 0) is 37.8 Å². The zero-order chi connectivity index (χ0) is 30.7. The van der Waals surface area contributed by atoms with E-state index in [1.807, 2.05) is 0 Å². The molecule has 0 unspecified atom stereocenters. The van der Waals surface area contributed by atoms with Gasteiger partial charge in [0.05, 0.1) is 11.7 Å². The first kappa shape index (κ1) is 30.9. The summed E-state index contributed by atoms with van der Waals surface area (Å²) in [5.41, 5.74) is -6.11. The number of hydrogen-bond acceptors (Lipinski definition) is 10. The minimum absolute atomic E-state index is 0.106. The smallest absolute Gasteiger partial charge is 0.338 e. The number of aliphatic hydroxyl groups excluding tert-OH is 2. The lowest BCUT2D eigenvalue weighted by molar-refractivity contribution is -0.313. The van der Waals surface area contributed by atoms with Crippen LogP contribution in [0.15, 0.2) is 43.0 Å². The second-order valence-electron chi connectivity index (χ2n) is 12.8. The third-order valence-electron chi connectivity index (χ3n) is 9.90. The zero-order valence-corrected chi connectivity index (χ0v) is 24.3. The molecular weight excluding hydrogens is 532 g/mol. The third-order valence-corrected chi connectivity index (χ3v) is 9.90. The Bertz CT molecular complexity index is 1240. The second kappa shape index (κ2) is 10.3. The molecule has 1 aromatic carbocycles. The Labute approximate surface area is 239 Å². The summed E-state index contributed by atoms with van der Waals surface area (Å²) in [6, 6.07) is 8.08. The first-order chi connectivity index (χ1) is 19.0. The van der Waals surface area contributed by atoms with Crippen LogP contribution in [0.25, 0.3) is 0 Å². The normalized spacial score (nSPS) is 41.3. The largest absolute Gasteiger partial charge is 0.459 e. The number of ether oxygens (including phenoxy) is 3. The number of esters is 3. The van der Waals surface area contributed by atoms with E-state index in [0.717, 1.165) is 6.92 Å². The lowest BCUT2D eigenvalue weighted by Crippen LogP contribution is -2.80. The SMILES string of the molecule is C=C[C@@]1(C)C[C@@H](O)[C@H]2[C@](O)(C1=O)[C@H](OC(C)=O)C[C@H]1C(C)(C)[C@H](OC(C)=O)[C@@H](O)[C@H](OC(=O)c3ccccc3)[C@@]12C. The number of carbonyl (C=O) groups excluding carboxylic acids is 4. The van der Waals surface area contributed by atoms with Crippen LogP contribution in [0.2, 0.25) is 0 Å². The van der Waals surface area contributed by atoms with Crippen LogP contribution in [0.3, 0.4) is 0 Å². The first-order valence-corrected chi connectivity index (χ1v) is 13.8. The van der Waals surface area contributed by atoms with Gasteiger partial charge in [0.2, 0.25) is 0 Å². The molecule has 10 nitrogen and oxygen atoms in total. The van der Waals surface area contributed by atoms with Crippen molar-refractivity contribution in [2.75, 3.05) is 0 Å². The average molecular weight is 573 g/mol. The molecule has 3 saturated carbocycles. The van der Waals surface area contributed by atoms with Crippen LogP contribution in [-0.2, 0) is 28.6 Å². The van der Waals surface area contributed by atoms with E-state index in [1.165, 1.54) is 25.1 Å². The summed E-state index contributed by atoms with van der Waals surface area (Å²) in [7, 11) is 0. The van der Waals surface area contributed by atoms with Crippen molar-refractivity contribution in [1.29, 1.82) is 0 Å². The number of Topliss-reactive ketones (excluding diaryl/α,β-unsaturated/α-hetero) is 1. The maximum atomic E-state index is 14.1. The van der Waals surface area contributed by atoms with Crippen LogP contribution in [0.1, 0.15) is 64.7 Å². The number of benzene rings is 1. The van der Waals surface area contributed by atoms with Crippen molar-refractivity contribution in [3.8, 4) is 0 Å². The summed E-state index contributed by atoms with van der Waals surface area (Å²) >= 11 is 0. The van der Waals surface area contributed by atoms with Crippen LogP contribution in [0, 0.1) is 28.1 Å². The Balaban J connectivity index is 1.96. The van der Waals surface area contributed by atoms with E-state index in [9.17, 15) is 34.5 Å². The molecule has 3 aliphatic rings. The standard InChI is InChI=1S/C31H40O10/c1-8-29(6)15-19(34)23-30(7)20(14-21(39-16(2)32)31(23,38)27(29)37)28(4,5)24(40-17(3)33)22(35)25(30)41-26(36)18-12-10-9-11-13-18/h8-13,19-25,34-35,38H,1,14-15H2,2-7H3/t19-,20+,21-,22-,23-,24-,25+,29+,30+,31+/m1/s1. The predicted molar refractivity (Wildman–Crippen MR) is 145 cm³/mol. The van der Waals surface area contributed by atoms with Crippen LogP contribution >= 0.6 is 0 Å². The van der Waals surface area contributed by atoms with Crippen LogP contribution in [0.5, 0.6) is 0 Å². The Morgan fingerprint density at radius 2 is 1.54 bits per heavy atom. The molecule has 1 aromatic rings. The number of carbonyl (C=O) groups is 4. The van der Waals surface area contributed by atoms with Crippen molar-refractivity contribution in [2.24, 2.45) is 28.1 Å². The van der Waals surface area contributed by atoms with Gasteiger partial charge in [-0.1, -0.05) is 45.0 Å². The van der Waals surface area contributed by atoms with Gasteiger partial charge in [0, 0.05) is 36.0 Å². The molecule has 0 aromatic heterocycles. The topological polar surface area (TPSA) is 157 Å². The quantitative estimate of drug-likeness (QED) is 0.272. The molecule has 10 heteroatoms. The van der Waals surface area contributed by atoms with Gasteiger partial charge in [-0.3, -0.25) is 14.4 Å². The molecule has 41 heavy (non-hydrogen) atoms. The zero-order valence-electron chi connectivity index (χ0n) is 24.3. The number of ketones is 1. The molecule has 0 spiro atoms. The fraction of sp³-hybridized carbons (Fsp3) is 0.613. The van der Waals surface area contributed by atoms with E-state index >= 15 is 0 Å². The fourth-order valence-electron chi connectivity index (χ4n) is 8.15. The average Bonchev–Trinajstić information content (AvgIpc) is 2.89. The highest BCUT2D eigenvalue weighted by molar-refractivity contribution is 5.96. The molecule has 224 valence electrons. The minimum atomic E-state index is -2.42. The maximum absolute atomic E-state index is 14.1. The van der Waals surface area contributed by atoms with E-state index in [0.29, 0.717) is 0 Å². The Kier molecular flexibility index (Phi) is 7.77. The van der Waals surface area contributed by atoms with E-state index in [2.05, 4.69) is 6.58 Å². The number of fused-ring (bicyclic) bond motifs is 3. The van der Waals surface area contributed by atoms with Crippen molar-refractivity contribution in [1.82, 2.24) is 0 Å². The third kappa shape index (κ3) is 4.60. The Morgan fingerprint density at radius 3 is 2.07 bits per heavy atom. The molecule has 3 aliphatic carbocycles. The lowest BCUT2D eigenvalue weighted by Gasteiger charge is -2.68. The van der Waals surface area contributed by atoms with Gasteiger partial charge in [-0.15, -0.1) is 6.58 Å². The minimum Gasteiger partial charge on any atom is -0.459 e. The monoisotopic (exact) mass is 572 g/mol. The molecule has 0 bridgehead atoms.